The molecule has 3 aromatic carbocycles. The van der Waals surface area contributed by atoms with Gasteiger partial charge in [-0.05, 0) is 55.0 Å². The summed E-state index contributed by atoms with van der Waals surface area (Å²) in [5.74, 6) is -1.40. The number of urea groups is 1. The van der Waals surface area contributed by atoms with Crippen LogP contribution in [0.2, 0.25) is 5.02 Å². The summed E-state index contributed by atoms with van der Waals surface area (Å²) < 4.78 is 2.91. The molecule has 0 atom stereocenters. The number of nitrogens with one attached hydrogen (secondary N) is 1. The molecule has 4 aromatic rings. The molecule has 174 valence electrons. The molecule has 1 saturated heterocycles. The average Bonchev–Trinajstić information content (AvgIpc) is 3.10. The molecule has 0 radical (unpaired) electrons. The molecule has 6 nitrogen and oxygen atoms in total. The zero-order valence-electron chi connectivity index (χ0n) is 18.6. The zero-order valence-corrected chi connectivity index (χ0v) is 20.9. The predicted molar refractivity (Wildman–Crippen MR) is 140 cm³/mol. The zero-order chi connectivity index (χ0) is 24.7. The number of hydrogen-bond donors (Lipinski definition) is 1. The lowest BCUT2D eigenvalue weighted by molar-refractivity contribution is -0.122. The smallest absolute Gasteiger partial charge is 0.335 e. The van der Waals surface area contributed by atoms with Gasteiger partial charge in [-0.1, -0.05) is 63.9 Å². The summed E-state index contributed by atoms with van der Waals surface area (Å²) in [6.07, 6.45) is 1.57. The molecule has 1 N–H and O–H groups in total. The fourth-order valence-electron chi connectivity index (χ4n) is 4.27. The van der Waals surface area contributed by atoms with Crippen molar-refractivity contribution in [2.75, 3.05) is 4.90 Å². The first-order valence-corrected chi connectivity index (χ1v) is 12.0. The summed E-state index contributed by atoms with van der Waals surface area (Å²) in [6.45, 7) is 2.46. The van der Waals surface area contributed by atoms with Crippen LogP contribution in [-0.2, 0) is 16.1 Å². The Morgan fingerprint density at radius 1 is 0.943 bits per heavy atom. The third-order valence-corrected chi connectivity index (χ3v) is 6.94. The van der Waals surface area contributed by atoms with Crippen LogP contribution < -0.4 is 10.2 Å². The van der Waals surface area contributed by atoms with Gasteiger partial charge in [-0.2, -0.15) is 0 Å². The largest absolute Gasteiger partial charge is 0.340 e. The first-order chi connectivity index (χ1) is 16.8. The van der Waals surface area contributed by atoms with Gasteiger partial charge in [-0.15, -0.1) is 0 Å². The van der Waals surface area contributed by atoms with Crippen molar-refractivity contribution in [3.05, 3.63) is 105 Å². The lowest BCUT2D eigenvalue weighted by Crippen LogP contribution is -2.54. The van der Waals surface area contributed by atoms with E-state index in [-0.39, 0.29) is 5.57 Å². The Hall–Kier alpha value is -3.68. The van der Waals surface area contributed by atoms with Gasteiger partial charge < -0.3 is 4.57 Å². The standard InChI is InChI=1S/C27H19BrClN3O3/c1-16-21(20-7-3-5-9-24(20)31(16)15-17-6-2-4-8-23(17)29)14-22-25(33)30-27(35)32(26(22)34)19-12-10-18(28)11-13-19/h2-14H,15H2,1H3,(H,30,33,35)/b22-14+. The van der Waals surface area contributed by atoms with Gasteiger partial charge in [-0.3, -0.25) is 14.9 Å². The van der Waals surface area contributed by atoms with E-state index in [2.05, 4.69) is 25.8 Å². The van der Waals surface area contributed by atoms with Crippen LogP contribution in [0.25, 0.3) is 17.0 Å². The van der Waals surface area contributed by atoms with Crippen LogP contribution in [0.1, 0.15) is 16.8 Å². The van der Waals surface area contributed by atoms with Gasteiger partial charge in [-0.25, -0.2) is 9.69 Å². The van der Waals surface area contributed by atoms with Gasteiger partial charge >= 0.3 is 6.03 Å². The lowest BCUT2D eigenvalue weighted by atomic mass is 10.0. The predicted octanol–water partition coefficient (Wildman–Crippen LogP) is 6.08. The molecule has 2 heterocycles. The summed E-state index contributed by atoms with van der Waals surface area (Å²) in [5, 5.41) is 3.84. The number of carbonyl (C=O) groups is 3. The summed E-state index contributed by atoms with van der Waals surface area (Å²) in [7, 11) is 0. The van der Waals surface area contributed by atoms with Gasteiger partial charge in [0.2, 0.25) is 0 Å². The Morgan fingerprint density at radius 3 is 2.37 bits per heavy atom. The Balaban J connectivity index is 1.62. The van der Waals surface area contributed by atoms with Crippen molar-refractivity contribution < 1.29 is 14.4 Å². The molecule has 0 bridgehead atoms. The minimum Gasteiger partial charge on any atom is -0.340 e. The molecule has 1 aromatic heterocycles. The quantitative estimate of drug-likeness (QED) is 0.248. The van der Waals surface area contributed by atoms with Crippen LogP contribution in [0, 0.1) is 6.92 Å². The number of carbonyl (C=O) groups excluding carboxylic acids is 3. The molecule has 35 heavy (non-hydrogen) atoms. The number of nitrogens with zero attached hydrogens (tertiary/aromatic N) is 2. The van der Waals surface area contributed by atoms with Crippen molar-refractivity contribution in [3.8, 4) is 0 Å². The Labute approximate surface area is 214 Å². The Kier molecular flexibility index (Phi) is 6.05. The number of hydrogen-bond acceptors (Lipinski definition) is 3. The molecule has 8 heteroatoms. The Bertz CT molecular complexity index is 1540. The van der Waals surface area contributed by atoms with Crippen molar-refractivity contribution in [2.45, 2.75) is 13.5 Å². The maximum Gasteiger partial charge on any atom is 0.335 e. The number of imide groups is 2. The number of fused-ring (bicyclic) bond motifs is 1. The van der Waals surface area contributed by atoms with E-state index < -0.39 is 17.8 Å². The summed E-state index contributed by atoms with van der Waals surface area (Å²) in [6, 6.07) is 21.3. The van der Waals surface area contributed by atoms with Crippen LogP contribution in [0.15, 0.2) is 82.8 Å². The number of benzene rings is 3. The number of para-hydroxylation sites is 1. The number of amides is 4. The second-order valence-corrected chi connectivity index (χ2v) is 9.45. The van der Waals surface area contributed by atoms with E-state index in [4.69, 9.17) is 11.6 Å². The summed E-state index contributed by atoms with van der Waals surface area (Å²) in [4.78, 5) is 39.6. The normalized spacial score (nSPS) is 15.2. The van der Waals surface area contributed by atoms with E-state index in [1.807, 2.05) is 55.5 Å². The highest BCUT2D eigenvalue weighted by Crippen LogP contribution is 2.31. The maximum atomic E-state index is 13.4. The highest BCUT2D eigenvalue weighted by Gasteiger charge is 2.37. The molecule has 0 saturated carbocycles. The molecular formula is C27H19BrClN3O3. The van der Waals surface area contributed by atoms with E-state index in [0.717, 1.165) is 37.1 Å². The van der Waals surface area contributed by atoms with Crippen LogP contribution in [0.4, 0.5) is 10.5 Å². The van der Waals surface area contributed by atoms with E-state index in [1.165, 1.54) is 0 Å². The number of rotatable bonds is 4. The third-order valence-electron chi connectivity index (χ3n) is 6.04. The molecule has 0 aliphatic carbocycles. The second kappa shape index (κ2) is 9.17. The molecule has 5 rings (SSSR count). The topological polar surface area (TPSA) is 71.4 Å². The first kappa shape index (κ1) is 23.1. The van der Waals surface area contributed by atoms with Crippen LogP contribution in [0.3, 0.4) is 0 Å². The minimum atomic E-state index is -0.780. The van der Waals surface area contributed by atoms with E-state index in [0.29, 0.717) is 17.3 Å². The molecule has 1 fully saturated rings. The molecule has 1 aliphatic heterocycles. The van der Waals surface area contributed by atoms with Crippen molar-refractivity contribution in [1.82, 2.24) is 9.88 Å². The molecular weight excluding hydrogens is 530 g/mol. The van der Waals surface area contributed by atoms with Crippen LogP contribution in [0.5, 0.6) is 0 Å². The van der Waals surface area contributed by atoms with Crippen molar-refractivity contribution in [2.24, 2.45) is 0 Å². The highest BCUT2D eigenvalue weighted by molar-refractivity contribution is 9.10. The van der Waals surface area contributed by atoms with E-state index in [1.54, 1.807) is 30.3 Å². The third kappa shape index (κ3) is 4.17. The minimum absolute atomic E-state index is 0.115. The van der Waals surface area contributed by atoms with Crippen LogP contribution in [-0.4, -0.2) is 22.4 Å². The van der Waals surface area contributed by atoms with Crippen LogP contribution >= 0.6 is 27.5 Å². The van der Waals surface area contributed by atoms with Crippen molar-refractivity contribution >= 4 is 68.0 Å². The second-order valence-electron chi connectivity index (χ2n) is 8.13. The van der Waals surface area contributed by atoms with Crippen molar-refractivity contribution in [1.29, 1.82) is 0 Å². The van der Waals surface area contributed by atoms with Gasteiger partial charge in [0.25, 0.3) is 11.8 Å². The monoisotopic (exact) mass is 547 g/mol. The molecule has 1 aliphatic rings. The lowest BCUT2D eigenvalue weighted by Gasteiger charge is -2.26. The number of anilines is 1. The molecule has 0 spiro atoms. The maximum absolute atomic E-state index is 13.4. The van der Waals surface area contributed by atoms with Gasteiger partial charge in [0.15, 0.2) is 0 Å². The highest BCUT2D eigenvalue weighted by atomic mass is 79.9. The van der Waals surface area contributed by atoms with Gasteiger partial charge in [0.1, 0.15) is 5.57 Å². The van der Waals surface area contributed by atoms with Crippen molar-refractivity contribution in [3.63, 3.8) is 0 Å². The van der Waals surface area contributed by atoms with Gasteiger partial charge in [0, 0.05) is 38.2 Å². The summed E-state index contributed by atoms with van der Waals surface area (Å²) in [5.41, 5.74) is 3.75. The van der Waals surface area contributed by atoms with Gasteiger partial charge in [0.05, 0.1) is 5.69 Å². The number of halogens is 2. The van der Waals surface area contributed by atoms with E-state index in [9.17, 15) is 14.4 Å². The fraction of sp³-hybridized carbons (Fsp3) is 0.0741. The SMILES string of the molecule is Cc1c(/C=C2\C(=O)NC(=O)N(c3ccc(Br)cc3)C2=O)c2ccccc2n1Cc1ccccc1Cl. The molecule has 4 amide bonds. The average molecular weight is 549 g/mol. The Morgan fingerprint density at radius 2 is 1.63 bits per heavy atom. The molecule has 0 unspecified atom stereocenters. The van der Waals surface area contributed by atoms with E-state index >= 15 is 0 Å². The number of aromatic nitrogens is 1. The first-order valence-electron chi connectivity index (χ1n) is 10.8. The summed E-state index contributed by atoms with van der Waals surface area (Å²) >= 11 is 9.76. The fourth-order valence-corrected chi connectivity index (χ4v) is 4.73. The number of barbiturate groups is 1.